The molecular weight excluding hydrogens is 218 g/mol. The van der Waals surface area contributed by atoms with Crippen molar-refractivity contribution in [3.05, 3.63) is 34.3 Å². The minimum atomic E-state index is -0.613. The highest BCUT2D eigenvalue weighted by Crippen LogP contribution is 2.09. The highest BCUT2D eigenvalue weighted by molar-refractivity contribution is 9.10. The van der Waals surface area contributed by atoms with Gasteiger partial charge in [-0.2, -0.15) is 0 Å². The van der Waals surface area contributed by atoms with E-state index in [-0.39, 0.29) is 0 Å². The predicted molar refractivity (Wildman–Crippen MR) is 50.2 cm³/mol. The lowest BCUT2D eigenvalue weighted by Crippen LogP contribution is -2.06. The number of primary amides is 1. The van der Waals surface area contributed by atoms with Crippen LogP contribution in [0.5, 0.6) is 0 Å². The first kappa shape index (κ1) is 8.82. The molecule has 0 unspecified atom stereocenters. The van der Waals surface area contributed by atoms with Gasteiger partial charge < -0.3 is 5.73 Å². The Balaban J connectivity index is 2.86. The fourth-order valence-electron chi connectivity index (χ4n) is 0.667. The Hall–Kier alpha value is -1.27. The maximum atomic E-state index is 10.3. The number of rotatable bonds is 0. The third-order valence-corrected chi connectivity index (χ3v) is 1.70. The second-order valence-corrected chi connectivity index (χ2v) is 3.04. The van der Waals surface area contributed by atoms with Crippen LogP contribution >= 0.6 is 15.9 Å². The topological polar surface area (TPSA) is 43.1 Å². The zero-order valence-electron chi connectivity index (χ0n) is 6.17. The molecule has 0 saturated carbocycles. The van der Waals surface area contributed by atoms with Crippen LogP contribution in [0.3, 0.4) is 0 Å². The summed E-state index contributed by atoms with van der Waals surface area (Å²) < 4.78 is 0.979. The van der Waals surface area contributed by atoms with Crippen LogP contribution in [0.25, 0.3) is 0 Å². The molecule has 0 aliphatic carbocycles. The van der Waals surface area contributed by atoms with Gasteiger partial charge in [-0.3, -0.25) is 4.79 Å². The van der Waals surface area contributed by atoms with Gasteiger partial charge in [0.1, 0.15) is 0 Å². The fourth-order valence-corrected chi connectivity index (χ4v) is 0.931. The van der Waals surface area contributed by atoms with E-state index in [4.69, 9.17) is 5.73 Å². The summed E-state index contributed by atoms with van der Waals surface area (Å²) in [7, 11) is 0. The number of carbonyl (C=O) groups is 1. The summed E-state index contributed by atoms with van der Waals surface area (Å²) in [4.78, 5) is 10.3. The molecule has 0 spiro atoms. The van der Waals surface area contributed by atoms with E-state index in [2.05, 4.69) is 27.8 Å². The van der Waals surface area contributed by atoms with Crippen LogP contribution in [0.4, 0.5) is 0 Å². The number of carbonyl (C=O) groups excluding carboxylic acids is 1. The van der Waals surface area contributed by atoms with Gasteiger partial charge in [0.25, 0.3) is 5.91 Å². The molecule has 3 heteroatoms. The predicted octanol–water partition coefficient (Wildman–Crippen LogP) is 1.29. The Morgan fingerprint density at radius 2 is 1.92 bits per heavy atom. The van der Waals surface area contributed by atoms with Crippen LogP contribution in [0, 0.1) is 11.8 Å². The molecule has 0 bridgehead atoms. The molecule has 2 N–H and O–H groups in total. The van der Waals surface area contributed by atoms with Crippen LogP contribution in [0.1, 0.15) is 5.56 Å². The van der Waals surface area contributed by atoms with Crippen LogP contribution in [-0.2, 0) is 4.79 Å². The van der Waals surface area contributed by atoms with E-state index in [1.54, 1.807) is 12.1 Å². The SMILES string of the molecule is NC(=O)C#Cc1ccc(Br)cc1. The quantitative estimate of drug-likeness (QED) is 0.663. The maximum Gasteiger partial charge on any atom is 0.293 e. The monoisotopic (exact) mass is 223 g/mol. The van der Waals surface area contributed by atoms with Gasteiger partial charge in [0.05, 0.1) is 0 Å². The van der Waals surface area contributed by atoms with Crippen molar-refractivity contribution >= 4 is 21.8 Å². The van der Waals surface area contributed by atoms with Crippen LogP contribution in [0.2, 0.25) is 0 Å². The van der Waals surface area contributed by atoms with E-state index in [0.717, 1.165) is 10.0 Å². The van der Waals surface area contributed by atoms with Gasteiger partial charge in [-0.15, -0.1) is 0 Å². The number of hydrogen-bond acceptors (Lipinski definition) is 1. The van der Waals surface area contributed by atoms with E-state index in [1.165, 1.54) is 0 Å². The Labute approximate surface area is 78.9 Å². The lowest BCUT2D eigenvalue weighted by atomic mass is 10.2. The molecule has 0 fully saturated rings. The molecule has 12 heavy (non-hydrogen) atoms. The number of amides is 1. The zero-order chi connectivity index (χ0) is 8.97. The van der Waals surface area contributed by atoms with Crippen molar-refractivity contribution in [2.75, 3.05) is 0 Å². The van der Waals surface area contributed by atoms with Gasteiger partial charge in [-0.05, 0) is 30.2 Å². The first-order chi connectivity index (χ1) is 5.68. The van der Waals surface area contributed by atoms with Crippen molar-refractivity contribution < 1.29 is 4.79 Å². The average molecular weight is 224 g/mol. The summed E-state index contributed by atoms with van der Waals surface area (Å²) in [5.74, 6) is 4.27. The maximum absolute atomic E-state index is 10.3. The van der Waals surface area contributed by atoms with E-state index < -0.39 is 5.91 Å². The summed E-state index contributed by atoms with van der Waals surface area (Å²) in [5, 5.41) is 0. The number of benzene rings is 1. The molecule has 0 aliphatic heterocycles. The Morgan fingerprint density at radius 1 is 1.33 bits per heavy atom. The molecule has 0 radical (unpaired) electrons. The van der Waals surface area contributed by atoms with E-state index in [1.807, 2.05) is 12.1 Å². The minimum absolute atomic E-state index is 0.613. The Bertz CT molecular complexity index is 345. The molecule has 1 aromatic carbocycles. The second-order valence-electron chi connectivity index (χ2n) is 2.12. The Morgan fingerprint density at radius 3 is 2.42 bits per heavy atom. The molecule has 0 atom stereocenters. The van der Waals surface area contributed by atoms with E-state index in [9.17, 15) is 4.79 Å². The standard InChI is InChI=1S/C9H6BrNO/c10-8-4-1-7(2-5-8)3-6-9(11)12/h1-2,4-5H,(H2,11,12). The normalized spacial score (nSPS) is 8.42. The zero-order valence-corrected chi connectivity index (χ0v) is 7.76. The second kappa shape index (κ2) is 3.93. The average Bonchev–Trinajstić information content (AvgIpc) is 2.03. The van der Waals surface area contributed by atoms with Crippen LogP contribution in [-0.4, -0.2) is 5.91 Å². The van der Waals surface area contributed by atoms with Gasteiger partial charge in [-0.1, -0.05) is 21.9 Å². The molecule has 0 saturated heterocycles. The molecular formula is C9H6BrNO. The van der Waals surface area contributed by atoms with Gasteiger partial charge in [0.15, 0.2) is 0 Å². The molecule has 60 valence electrons. The Kier molecular flexibility index (Phi) is 2.89. The molecule has 1 amide bonds. The molecule has 1 rings (SSSR count). The highest BCUT2D eigenvalue weighted by Gasteiger charge is 1.87. The molecule has 0 heterocycles. The molecule has 1 aromatic rings. The summed E-state index contributed by atoms with van der Waals surface area (Å²) in [5.41, 5.74) is 5.62. The third kappa shape index (κ3) is 2.77. The smallest absolute Gasteiger partial charge is 0.293 e. The first-order valence-corrected chi connectivity index (χ1v) is 4.05. The largest absolute Gasteiger partial charge is 0.359 e. The van der Waals surface area contributed by atoms with Gasteiger partial charge in [-0.25, -0.2) is 0 Å². The number of hydrogen-bond donors (Lipinski definition) is 1. The third-order valence-electron chi connectivity index (χ3n) is 1.17. The molecule has 0 aromatic heterocycles. The number of halogens is 1. The molecule has 2 nitrogen and oxygen atoms in total. The van der Waals surface area contributed by atoms with Gasteiger partial charge in [0, 0.05) is 10.0 Å². The van der Waals surface area contributed by atoms with Gasteiger partial charge >= 0.3 is 0 Å². The summed E-state index contributed by atoms with van der Waals surface area (Å²) in [6.45, 7) is 0. The van der Waals surface area contributed by atoms with Crippen molar-refractivity contribution in [3.8, 4) is 11.8 Å². The molecule has 0 aliphatic rings. The van der Waals surface area contributed by atoms with Crippen molar-refractivity contribution in [2.45, 2.75) is 0 Å². The van der Waals surface area contributed by atoms with Gasteiger partial charge in [0.2, 0.25) is 0 Å². The van der Waals surface area contributed by atoms with Crippen LogP contribution in [0.15, 0.2) is 28.7 Å². The fraction of sp³-hybridized carbons (Fsp3) is 0. The summed E-state index contributed by atoms with van der Waals surface area (Å²) in [6, 6.07) is 7.32. The van der Waals surface area contributed by atoms with Crippen molar-refractivity contribution in [1.82, 2.24) is 0 Å². The van der Waals surface area contributed by atoms with E-state index >= 15 is 0 Å². The summed E-state index contributed by atoms with van der Waals surface area (Å²) in [6.07, 6.45) is 0. The van der Waals surface area contributed by atoms with E-state index in [0.29, 0.717) is 0 Å². The van der Waals surface area contributed by atoms with Crippen molar-refractivity contribution in [1.29, 1.82) is 0 Å². The summed E-state index contributed by atoms with van der Waals surface area (Å²) >= 11 is 3.29. The minimum Gasteiger partial charge on any atom is -0.359 e. The number of nitrogens with two attached hydrogens (primary N) is 1. The first-order valence-electron chi connectivity index (χ1n) is 3.25. The lowest BCUT2D eigenvalue weighted by Gasteiger charge is -1.89. The lowest BCUT2D eigenvalue weighted by molar-refractivity contribution is -0.112. The van der Waals surface area contributed by atoms with Crippen LogP contribution < -0.4 is 5.73 Å². The van der Waals surface area contributed by atoms with Crippen molar-refractivity contribution in [2.24, 2.45) is 5.73 Å². The highest BCUT2D eigenvalue weighted by atomic mass is 79.9. The van der Waals surface area contributed by atoms with Crippen molar-refractivity contribution in [3.63, 3.8) is 0 Å².